The summed E-state index contributed by atoms with van der Waals surface area (Å²) in [5.41, 5.74) is 17.5. The quantitative estimate of drug-likeness (QED) is 0.141. The Labute approximate surface area is 369 Å². The van der Waals surface area contributed by atoms with Gasteiger partial charge in [0.1, 0.15) is 0 Å². The summed E-state index contributed by atoms with van der Waals surface area (Å²) in [5.74, 6) is 0. The van der Waals surface area contributed by atoms with Crippen LogP contribution in [-0.4, -0.2) is 0 Å². The third kappa shape index (κ3) is 7.37. The van der Waals surface area contributed by atoms with Gasteiger partial charge in [0.05, 0.1) is 5.69 Å². The lowest BCUT2D eigenvalue weighted by Crippen LogP contribution is -2.12. The van der Waals surface area contributed by atoms with Gasteiger partial charge in [-0.15, -0.1) is 0 Å². The van der Waals surface area contributed by atoms with Crippen LogP contribution in [0.5, 0.6) is 0 Å². The maximum Gasteiger partial charge on any atom is 0.0546 e. The van der Waals surface area contributed by atoms with Gasteiger partial charge in [0.2, 0.25) is 0 Å². The SMILES string of the molecule is c1ccc(-c2ccccc2-c2c(-c3ccccc3)cccc2N(c2ccc(-c3ccc(-c4cccc5ccccc45)cc3)cc2)c2ccc(-c3ccc4ccccc4c3)cc2)cc1. The van der Waals surface area contributed by atoms with Crippen molar-refractivity contribution in [2.75, 3.05) is 4.90 Å². The fourth-order valence-electron chi connectivity index (χ4n) is 9.16. The highest BCUT2D eigenvalue weighted by Crippen LogP contribution is 2.48. The average molecular weight is 802 g/mol. The maximum atomic E-state index is 2.43. The van der Waals surface area contributed by atoms with Crippen molar-refractivity contribution in [3.8, 4) is 66.8 Å². The van der Waals surface area contributed by atoms with Crippen LogP contribution in [0.3, 0.4) is 0 Å². The van der Waals surface area contributed by atoms with Crippen LogP contribution < -0.4 is 4.90 Å². The van der Waals surface area contributed by atoms with Crippen molar-refractivity contribution in [2.24, 2.45) is 0 Å². The number of hydrogen-bond donors (Lipinski definition) is 0. The van der Waals surface area contributed by atoms with E-state index in [1.807, 2.05) is 0 Å². The van der Waals surface area contributed by atoms with E-state index in [-0.39, 0.29) is 0 Å². The smallest absolute Gasteiger partial charge is 0.0546 e. The lowest BCUT2D eigenvalue weighted by Gasteiger charge is -2.30. The Balaban J connectivity index is 1.05. The van der Waals surface area contributed by atoms with Crippen molar-refractivity contribution < 1.29 is 0 Å². The zero-order valence-corrected chi connectivity index (χ0v) is 34.8. The number of anilines is 3. The second-order valence-corrected chi connectivity index (χ2v) is 16.1. The van der Waals surface area contributed by atoms with E-state index in [1.54, 1.807) is 0 Å². The molecule has 0 atom stereocenters. The van der Waals surface area contributed by atoms with Gasteiger partial charge in [0.15, 0.2) is 0 Å². The van der Waals surface area contributed by atoms with Gasteiger partial charge >= 0.3 is 0 Å². The van der Waals surface area contributed by atoms with Gasteiger partial charge in [-0.1, -0.05) is 224 Å². The normalized spacial score (nSPS) is 11.2. The highest BCUT2D eigenvalue weighted by atomic mass is 15.1. The molecule has 0 spiro atoms. The summed E-state index contributed by atoms with van der Waals surface area (Å²) in [5, 5.41) is 5.01. The Morgan fingerprint density at radius 3 is 1.33 bits per heavy atom. The number of benzene rings is 11. The van der Waals surface area contributed by atoms with Gasteiger partial charge in [-0.3, -0.25) is 0 Å². The average Bonchev–Trinajstić information content (AvgIpc) is 3.37. The summed E-state index contributed by atoms with van der Waals surface area (Å²) in [7, 11) is 0. The molecule has 0 radical (unpaired) electrons. The summed E-state index contributed by atoms with van der Waals surface area (Å²) in [4.78, 5) is 2.43. The Morgan fingerprint density at radius 1 is 0.222 bits per heavy atom. The van der Waals surface area contributed by atoms with Gasteiger partial charge in [0, 0.05) is 16.9 Å². The first-order chi connectivity index (χ1) is 31.2. The second kappa shape index (κ2) is 16.7. The molecule has 0 fully saturated rings. The number of rotatable bonds is 9. The first-order valence-electron chi connectivity index (χ1n) is 21.7. The summed E-state index contributed by atoms with van der Waals surface area (Å²) < 4.78 is 0. The molecule has 11 aromatic carbocycles. The molecule has 0 bridgehead atoms. The van der Waals surface area contributed by atoms with Crippen LogP contribution in [0.4, 0.5) is 17.1 Å². The largest absolute Gasteiger partial charge is 0.310 e. The zero-order chi connectivity index (χ0) is 42.0. The molecule has 0 heterocycles. The Morgan fingerprint density at radius 2 is 0.651 bits per heavy atom. The first-order valence-corrected chi connectivity index (χ1v) is 21.7. The standard InChI is InChI=1S/C62H43N/c1-3-16-48(17-4-1)58-24-11-12-25-60(58)62-59(50-18-5-2-6-19-50)27-14-28-61(62)63(55-41-37-47(38-42-55)53-34-31-44-15-7-8-21-52(44)43-53)54-39-35-46(36-40-54)45-29-32-51(33-30-45)57-26-13-22-49-20-9-10-23-56(49)57/h1-43H. The van der Waals surface area contributed by atoms with Gasteiger partial charge < -0.3 is 4.90 Å². The molecule has 0 aromatic heterocycles. The molecule has 0 saturated heterocycles. The van der Waals surface area contributed by atoms with Crippen molar-refractivity contribution in [1.82, 2.24) is 0 Å². The minimum absolute atomic E-state index is 1.08. The van der Waals surface area contributed by atoms with E-state index in [0.717, 1.165) is 17.1 Å². The summed E-state index contributed by atoms with van der Waals surface area (Å²) in [6, 6.07) is 94.7. The van der Waals surface area contributed by atoms with E-state index >= 15 is 0 Å². The second-order valence-electron chi connectivity index (χ2n) is 16.1. The van der Waals surface area contributed by atoms with Gasteiger partial charge in [-0.05, 0) is 119 Å². The molecular weight excluding hydrogens is 759 g/mol. The highest BCUT2D eigenvalue weighted by molar-refractivity contribution is 6.01. The van der Waals surface area contributed by atoms with Crippen LogP contribution in [0.15, 0.2) is 261 Å². The molecule has 0 amide bonds. The van der Waals surface area contributed by atoms with E-state index in [1.165, 1.54) is 88.3 Å². The summed E-state index contributed by atoms with van der Waals surface area (Å²) in [6.07, 6.45) is 0. The van der Waals surface area contributed by atoms with Crippen LogP contribution in [0, 0.1) is 0 Å². The van der Waals surface area contributed by atoms with Gasteiger partial charge in [0.25, 0.3) is 0 Å². The Kier molecular flexibility index (Phi) is 9.97. The predicted molar refractivity (Wildman–Crippen MR) is 269 cm³/mol. The molecular formula is C62H43N. The lowest BCUT2D eigenvalue weighted by atomic mass is 9.87. The fourth-order valence-corrected chi connectivity index (χ4v) is 9.16. The van der Waals surface area contributed by atoms with Crippen molar-refractivity contribution in [2.45, 2.75) is 0 Å². The minimum Gasteiger partial charge on any atom is -0.310 e. The van der Waals surface area contributed by atoms with Gasteiger partial charge in [-0.25, -0.2) is 0 Å². The number of hydrogen-bond acceptors (Lipinski definition) is 1. The van der Waals surface area contributed by atoms with Crippen LogP contribution in [0.2, 0.25) is 0 Å². The van der Waals surface area contributed by atoms with E-state index in [2.05, 4.69) is 266 Å². The summed E-state index contributed by atoms with van der Waals surface area (Å²) in [6.45, 7) is 0. The van der Waals surface area contributed by atoms with Gasteiger partial charge in [-0.2, -0.15) is 0 Å². The van der Waals surface area contributed by atoms with Crippen LogP contribution in [0.25, 0.3) is 88.3 Å². The molecule has 11 aromatic rings. The van der Waals surface area contributed by atoms with Crippen molar-refractivity contribution in [3.63, 3.8) is 0 Å². The summed E-state index contributed by atoms with van der Waals surface area (Å²) >= 11 is 0. The number of nitrogens with zero attached hydrogens (tertiary/aromatic N) is 1. The highest BCUT2D eigenvalue weighted by Gasteiger charge is 2.23. The van der Waals surface area contributed by atoms with E-state index in [4.69, 9.17) is 0 Å². The fraction of sp³-hybridized carbons (Fsp3) is 0. The van der Waals surface area contributed by atoms with Crippen LogP contribution in [-0.2, 0) is 0 Å². The van der Waals surface area contributed by atoms with Crippen LogP contribution in [0.1, 0.15) is 0 Å². The monoisotopic (exact) mass is 801 g/mol. The third-order valence-electron chi connectivity index (χ3n) is 12.3. The van der Waals surface area contributed by atoms with Crippen LogP contribution >= 0.6 is 0 Å². The molecule has 296 valence electrons. The molecule has 0 aliphatic carbocycles. The molecule has 1 nitrogen and oxygen atoms in total. The molecule has 0 saturated carbocycles. The topological polar surface area (TPSA) is 3.24 Å². The van der Waals surface area contributed by atoms with E-state index in [0.29, 0.717) is 0 Å². The van der Waals surface area contributed by atoms with E-state index < -0.39 is 0 Å². The van der Waals surface area contributed by atoms with Crippen molar-refractivity contribution >= 4 is 38.6 Å². The first kappa shape index (κ1) is 37.7. The molecule has 0 aliphatic heterocycles. The van der Waals surface area contributed by atoms with Crippen molar-refractivity contribution in [1.29, 1.82) is 0 Å². The lowest BCUT2D eigenvalue weighted by molar-refractivity contribution is 1.28. The zero-order valence-electron chi connectivity index (χ0n) is 34.8. The molecule has 1 heteroatoms. The number of fused-ring (bicyclic) bond motifs is 2. The Hall–Kier alpha value is -8.26. The molecule has 0 aliphatic rings. The molecule has 0 unspecified atom stereocenters. The maximum absolute atomic E-state index is 2.43. The van der Waals surface area contributed by atoms with E-state index in [9.17, 15) is 0 Å². The molecule has 0 N–H and O–H groups in total. The minimum atomic E-state index is 1.08. The third-order valence-corrected chi connectivity index (χ3v) is 12.3. The Bertz CT molecular complexity index is 3340. The predicted octanol–water partition coefficient (Wildman–Crippen LogP) is 17.5. The van der Waals surface area contributed by atoms with Crippen molar-refractivity contribution in [3.05, 3.63) is 261 Å². The molecule has 11 rings (SSSR count). The molecule has 63 heavy (non-hydrogen) atoms.